The fourth-order valence-corrected chi connectivity index (χ4v) is 3.74. The Balaban J connectivity index is 2.05. The van der Waals surface area contributed by atoms with Crippen LogP contribution in [0.25, 0.3) is 0 Å². The lowest BCUT2D eigenvalue weighted by molar-refractivity contribution is 0.465. The molecule has 1 N–H and O–H groups in total. The lowest BCUT2D eigenvalue weighted by Gasteiger charge is -2.36. The number of piperazine rings is 1. The summed E-state index contributed by atoms with van der Waals surface area (Å²) in [6.07, 6.45) is 1.26. The standard InChI is InChI=1S/C13H19N3S/c1-9-7-12-13(15-10(9)2)16-5-4-14-8-11(16)3-6-17-12/h7,11,14H,3-6,8H2,1-2H3/t11-/m1/s1. The first-order valence-corrected chi connectivity index (χ1v) is 7.32. The van der Waals surface area contributed by atoms with E-state index >= 15 is 0 Å². The van der Waals surface area contributed by atoms with Gasteiger partial charge in [0.1, 0.15) is 5.82 Å². The van der Waals surface area contributed by atoms with Crippen molar-refractivity contribution in [2.45, 2.75) is 31.2 Å². The van der Waals surface area contributed by atoms with Gasteiger partial charge in [0.05, 0.1) is 4.90 Å². The number of aryl methyl sites for hydroxylation is 2. The van der Waals surface area contributed by atoms with Crippen molar-refractivity contribution >= 4 is 17.6 Å². The number of fused-ring (bicyclic) bond motifs is 3. The van der Waals surface area contributed by atoms with Crippen molar-refractivity contribution in [2.24, 2.45) is 0 Å². The van der Waals surface area contributed by atoms with Crippen LogP contribution in [-0.4, -0.2) is 36.4 Å². The summed E-state index contributed by atoms with van der Waals surface area (Å²) < 4.78 is 0. The fraction of sp³-hybridized carbons (Fsp3) is 0.615. The van der Waals surface area contributed by atoms with Gasteiger partial charge in [-0.15, -0.1) is 11.8 Å². The molecular formula is C13H19N3S. The van der Waals surface area contributed by atoms with Crippen molar-refractivity contribution in [1.82, 2.24) is 10.3 Å². The summed E-state index contributed by atoms with van der Waals surface area (Å²) in [6.45, 7) is 7.54. The number of thioether (sulfide) groups is 1. The lowest BCUT2D eigenvalue weighted by Crippen LogP contribution is -2.51. The molecule has 2 aliphatic rings. The van der Waals surface area contributed by atoms with Gasteiger partial charge in [0.2, 0.25) is 0 Å². The van der Waals surface area contributed by atoms with Crippen LogP contribution in [0.1, 0.15) is 17.7 Å². The maximum atomic E-state index is 4.83. The van der Waals surface area contributed by atoms with Gasteiger partial charge in [-0.1, -0.05) is 0 Å². The zero-order chi connectivity index (χ0) is 11.8. The minimum absolute atomic E-state index is 0.632. The Kier molecular flexibility index (Phi) is 3.01. The van der Waals surface area contributed by atoms with Gasteiger partial charge in [0.25, 0.3) is 0 Å². The topological polar surface area (TPSA) is 28.2 Å². The smallest absolute Gasteiger partial charge is 0.142 e. The van der Waals surface area contributed by atoms with Crippen LogP contribution in [0.5, 0.6) is 0 Å². The Labute approximate surface area is 107 Å². The SMILES string of the molecule is Cc1cc2c(nc1C)N1CCNC[C@H]1CCS2. The highest BCUT2D eigenvalue weighted by Gasteiger charge is 2.28. The van der Waals surface area contributed by atoms with Crippen molar-refractivity contribution < 1.29 is 0 Å². The van der Waals surface area contributed by atoms with Crippen LogP contribution in [0.2, 0.25) is 0 Å². The average molecular weight is 249 g/mol. The average Bonchev–Trinajstić information content (AvgIpc) is 2.50. The summed E-state index contributed by atoms with van der Waals surface area (Å²) >= 11 is 1.97. The maximum Gasteiger partial charge on any atom is 0.142 e. The monoisotopic (exact) mass is 249 g/mol. The van der Waals surface area contributed by atoms with Crippen molar-refractivity contribution in [3.05, 3.63) is 17.3 Å². The van der Waals surface area contributed by atoms with Gasteiger partial charge in [-0.2, -0.15) is 0 Å². The van der Waals surface area contributed by atoms with Crippen LogP contribution in [0.15, 0.2) is 11.0 Å². The first-order valence-electron chi connectivity index (χ1n) is 6.34. The Morgan fingerprint density at radius 2 is 2.35 bits per heavy atom. The molecular weight excluding hydrogens is 230 g/mol. The number of anilines is 1. The van der Waals surface area contributed by atoms with Gasteiger partial charge in [-0.3, -0.25) is 0 Å². The van der Waals surface area contributed by atoms with E-state index in [2.05, 4.69) is 30.1 Å². The van der Waals surface area contributed by atoms with Gasteiger partial charge in [0, 0.05) is 37.1 Å². The Morgan fingerprint density at radius 3 is 3.24 bits per heavy atom. The lowest BCUT2D eigenvalue weighted by atomic mass is 10.1. The second kappa shape index (κ2) is 4.50. The van der Waals surface area contributed by atoms with E-state index in [1.165, 1.54) is 34.1 Å². The summed E-state index contributed by atoms with van der Waals surface area (Å²) in [7, 11) is 0. The van der Waals surface area contributed by atoms with Gasteiger partial charge in [-0.25, -0.2) is 4.98 Å². The molecule has 0 saturated carbocycles. The van der Waals surface area contributed by atoms with Gasteiger partial charge < -0.3 is 10.2 Å². The maximum absolute atomic E-state index is 4.83. The molecule has 4 heteroatoms. The Morgan fingerprint density at radius 1 is 1.47 bits per heavy atom. The highest BCUT2D eigenvalue weighted by Crippen LogP contribution is 2.36. The fourth-order valence-electron chi connectivity index (χ4n) is 2.58. The number of hydrogen-bond acceptors (Lipinski definition) is 4. The van der Waals surface area contributed by atoms with E-state index in [4.69, 9.17) is 4.98 Å². The van der Waals surface area contributed by atoms with Crippen LogP contribution in [0, 0.1) is 13.8 Å². The number of rotatable bonds is 0. The summed E-state index contributed by atoms with van der Waals surface area (Å²) in [5.74, 6) is 2.43. The highest BCUT2D eigenvalue weighted by atomic mass is 32.2. The van der Waals surface area contributed by atoms with E-state index in [-0.39, 0.29) is 0 Å². The van der Waals surface area contributed by atoms with Crippen LogP contribution < -0.4 is 10.2 Å². The second-order valence-electron chi connectivity index (χ2n) is 4.90. The molecule has 0 aromatic carbocycles. The van der Waals surface area contributed by atoms with Crippen molar-refractivity contribution in [3.63, 3.8) is 0 Å². The van der Waals surface area contributed by atoms with Crippen molar-refractivity contribution in [3.8, 4) is 0 Å². The summed E-state index contributed by atoms with van der Waals surface area (Å²) in [4.78, 5) is 8.72. The van der Waals surface area contributed by atoms with Gasteiger partial charge in [-0.05, 0) is 31.9 Å². The number of pyridine rings is 1. The normalized spacial score (nSPS) is 23.9. The first kappa shape index (κ1) is 11.4. The zero-order valence-electron chi connectivity index (χ0n) is 10.5. The van der Waals surface area contributed by atoms with E-state index in [0.29, 0.717) is 6.04 Å². The molecule has 0 aliphatic carbocycles. The molecule has 3 rings (SSSR count). The van der Waals surface area contributed by atoms with Crippen LogP contribution in [0.3, 0.4) is 0 Å². The molecule has 0 spiro atoms. The number of nitrogens with zero attached hydrogens (tertiary/aromatic N) is 2. The zero-order valence-corrected chi connectivity index (χ0v) is 11.3. The number of nitrogens with one attached hydrogen (secondary N) is 1. The molecule has 1 aromatic rings. The van der Waals surface area contributed by atoms with Crippen LogP contribution in [-0.2, 0) is 0 Å². The quantitative estimate of drug-likeness (QED) is 0.761. The molecule has 1 saturated heterocycles. The molecule has 0 unspecified atom stereocenters. The van der Waals surface area contributed by atoms with Crippen LogP contribution >= 0.6 is 11.8 Å². The highest BCUT2D eigenvalue weighted by molar-refractivity contribution is 7.99. The predicted molar refractivity (Wildman–Crippen MR) is 73.1 cm³/mol. The van der Waals surface area contributed by atoms with Gasteiger partial charge in [0.15, 0.2) is 0 Å². The third-order valence-corrected chi connectivity index (χ3v) is 4.79. The molecule has 17 heavy (non-hydrogen) atoms. The van der Waals surface area contributed by atoms with E-state index in [0.717, 1.165) is 19.6 Å². The summed E-state index contributed by atoms with van der Waals surface area (Å²) in [5, 5.41) is 3.49. The molecule has 0 amide bonds. The largest absolute Gasteiger partial charge is 0.350 e. The van der Waals surface area contributed by atoms with E-state index < -0.39 is 0 Å². The van der Waals surface area contributed by atoms with Crippen LogP contribution in [0.4, 0.5) is 5.82 Å². The minimum Gasteiger partial charge on any atom is -0.350 e. The third kappa shape index (κ3) is 2.04. The molecule has 0 bridgehead atoms. The molecule has 1 fully saturated rings. The summed E-state index contributed by atoms with van der Waals surface area (Å²) in [5.41, 5.74) is 2.48. The Hall–Kier alpha value is -0.740. The molecule has 0 radical (unpaired) electrons. The molecule has 1 aromatic heterocycles. The minimum atomic E-state index is 0.632. The van der Waals surface area contributed by atoms with Crippen molar-refractivity contribution in [1.29, 1.82) is 0 Å². The predicted octanol–water partition coefficient (Wildman–Crippen LogP) is 1.97. The van der Waals surface area contributed by atoms with E-state index in [1.807, 2.05) is 11.8 Å². The Bertz CT molecular complexity index is 433. The molecule has 3 nitrogen and oxygen atoms in total. The number of aromatic nitrogens is 1. The molecule has 1 atom stereocenters. The van der Waals surface area contributed by atoms with E-state index in [9.17, 15) is 0 Å². The van der Waals surface area contributed by atoms with Gasteiger partial charge >= 0.3 is 0 Å². The van der Waals surface area contributed by atoms with Crippen molar-refractivity contribution in [2.75, 3.05) is 30.3 Å². The molecule has 3 heterocycles. The second-order valence-corrected chi connectivity index (χ2v) is 6.04. The summed E-state index contributed by atoms with van der Waals surface area (Å²) in [6, 6.07) is 2.94. The third-order valence-electron chi connectivity index (χ3n) is 3.74. The molecule has 92 valence electrons. The van der Waals surface area contributed by atoms with E-state index in [1.54, 1.807) is 0 Å². The molecule has 2 aliphatic heterocycles. The number of hydrogen-bond donors (Lipinski definition) is 1. The first-order chi connectivity index (χ1) is 8.25.